The minimum Gasteiger partial charge on any atom is -0.423 e. The van der Waals surface area contributed by atoms with E-state index >= 15 is 0 Å². The molecular weight excluding hydrogens is 316 g/mol. The lowest BCUT2D eigenvalue weighted by atomic mass is 9.85. The van der Waals surface area contributed by atoms with E-state index in [1.807, 2.05) is 12.1 Å². The van der Waals surface area contributed by atoms with Gasteiger partial charge in [0.1, 0.15) is 5.75 Å². The van der Waals surface area contributed by atoms with E-state index in [2.05, 4.69) is 30.8 Å². The smallest absolute Gasteiger partial charge is 0.335 e. The van der Waals surface area contributed by atoms with Crippen LogP contribution in [0, 0.1) is 0 Å². The quantitative estimate of drug-likeness (QED) is 0.300. The van der Waals surface area contributed by atoms with Gasteiger partial charge in [0.15, 0.2) is 0 Å². The Morgan fingerprint density at radius 3 is 2.68 bits per heavy atom. The second kappa shape index (κ2) is 8.60. The molecule has 4 heteroatoms. The highest BCUT2D eigenvalue weighted by Crippen LogP contribution is 2.35. The summed E-state index contributed by atoms with van der Waals surface area (Å²) in [5.74, 6) is 0.0425. The Bertz CT molecular complexity index is 721. The molecule has 0 saturated heterocycles. The van der Waals surface area contributed by atoms with Gasteiger partial charge in [-0.1, -0.05) is 43.0 Å². The van der Waals surface area contributed by atoms with Gasteiger partial charge < -0.3 is 14.2 Å². The van der Waals surface area contributed by atoms with Crippen molar-refractivity contribution in [3.8, 4) is 5.75 Å². The first kappa shape index (κ1) is 17.4. The number of hydrogen-bond donors (Lipinski definition) is 0. The molecule has 1 atom stereocenters. The number of benzene rings is 2. The normalized spacial score (nSPS) is 15.1. The maximum absolute atomic E-state index is 11.1. The van der Waals surface area contributed by atoms with E-state index in [0.717, 1.165) is 24.5 Å². The molecule has 1 unspecified atom stereocenters. The number of carbonyl (C=O) groups excluding carboxylic acids is 1. The Balaban J connectivity index is 1.29. The van der Waals surface area contributed by atoms with Crippen LogP contribution in [0.25, 0.3) is 0 Å². The molecule has 0 N–H and O–H groups in total. The molecule has 0 bridgehead atoms. The van der Waals surface area contributed by atoms with Crippen LogP contribution in [0.5, 0.6) is 5.75 Å². The van der Waals surface area contributed by atoms with Crippen molar-refractivity contribution in [3.63, 3.8) is 0 Å². The summed E-state index contributed by atoms with van der Waals surface area (Å²) in [4.78, 5) is 11.1. The van der Waals surface area contributed by atoms with Crippen LogP contribution in [0.2, 0.25) is 0 Å². The molecule has 1 aliphatic rings. The maximum Gasteiger partial charge on any atom is 0.335 e. The van der Waals surface area contributed by atoms with Gasteiger partial charge in [0, 0.05) is 25.7 Å². The van der Waals surface area contributed by atoms with Crippen molar-refractivity contribution in [2.24, 2.45) is 0 Å². The monoisotopic (exact) mass is 338 g/mol. The molecular formula is C21H22O4. The maximum atomic E-state index is 11.1. The van der Waals surface area contributed by atoms with Crippen molar-refractivity contribution in [3.05, 3.63) is 77.9 Å². The third-order valence-electron chi connectivity index (χ3n) is 4.14. The summed E-state index contributed by atoms with van der Waals surface area (Å²) >= 11 is 0. The van der Waals surface area contributed by atoms with Gasteiger partial charge in [-0.25, -0.2) is 4.79 Å². The molecule has 3 rings (SSSR count). The molecule has 0 fully saturated rings. The van der Waals surface area contributed by atoms with Crippen molar-refractivity contribution in [2.75, 3.05) is 13.2 Å². The van der Waals surface area contributed by atoms with Crippen LogP contribution in [-0.4, -0.2) is 19.2 Å². The first-order valence-corrected chi connectivity index (χ1v) is 8.46. The van der Waals surface area contributed by atoms with E-state index in [1.54, 1.807) is 12.1 Å². The predicted molar refractivity (Wildman–Crippen MR) is 95.4 cm³/mol. The van der Waals surface area contributed by atoms with Crippen LogP contribution in [0.3, 0.4) is 0 Å². The van der Waals surface area contributed by atoms with Crippen LogP contribution in [0.15, 0.2) is 61.2 Å². The van der Waals surface area contributed by atoms with E-state index in [4.69, 9.17) is 14.2 Å². The third-order valence-corrected chi connectivity index (χ3v) is 4.14. The standard InChI is InChI=1S/C21H22O4/c1-2-21(22)25-18-10-8-16(9-11-18)15-23-12-5-13-24-20-14-17-6-3-4-7-19(17)20/h2-4,6-11,20H,1,5,12-15H2. The molecule has 130 valence electrons. The first-order valence-electron chi connectivity index (χ1n) is 8.46. The van der Waals surface area contributed by atoms with E-state index in [0.29, 0.717) is 25.6 Å². The highest BCUT2D eigenvalue weighted by atomic mass is 16.5. The van der Waals surface area contributed by atoms with E-state index in [1.165, 1.54) is 11.1 Å². The van der Waals surface area contributed by atoms with Gasteiger partial charge in [-0.05, 0) is 35.2 Å². The summed E-state index contributed by atoms with van der Waals surface area (Å²) < 4.78 is 16.6. The van der Waals surface area contributed by atoms with Crippen LogP contribution in [-0.2, 0) is 27.3 Å². The minimum absolute atomic E-state index is 0.252. The lowest BCUT2D eigenvalue weighted by molar-refractivity contribution is -0.128. The topological polar surface area (TPSA) is 44.8 Å². The lowest BCUT2D eigenvalue weighted by Gasteiger charge is -2.29. The molecule has 0 aromatic heterocycles. The van der Waals surface area contributed by atoms with Gasteiger partial charge in [0.05, 0.1) is 12.7 Å². The number of fused-ring (bicyclic) bond motifs is 1. The van der Waals surface area contributed by atoms with Crippen LogP contribution < -0.4 is 4.74 Å². The zero-order valence-electron chi connectivity index (χ0n) is 14.1. The second-order valence-electron chi connectivity index (χ2n) is 5.94. The van der Waals surface area contributed by atoms with Crippen molar-refractivity contribution in [2.45, 2.75) is 25.6 Å². The molecule has 0 heterocycles. The number of ether oxygens (including phenoxy) is 3. The fourth-order valence-electron chi connectivity index (χ4n) is 2.75. The molecule has 1 aliphatic carbocycles. The SMILES string of the molecule is C=CC(=O)Oc1ccc(COCCCOC2Cc3ccccc32)cc1. The van der Waals surface area contributed by atoms with E-state index < -0.39 is 5.97 Å². The molecule has 0 aliphatic heterocycles. The lowest BCUT2D eigenvalue weighted by Crippen LogP contribution is -2.20. The Kier molecular flexibility index (Phi) is 5.99. The Labute approximate surface area is 148 Å². The third kappa shape index (κ3) is 4.78. The summed E-state index contributed by atoms with van der Waals surface area (Å²) in [5.41, 5.74) is 3.75. The van der Waals surface area contributed by atoms with E-state index in [9.17, 15) is 4.79 Å². The summed E-state index contributed by atoms with van der Waals surface area (Å²) in [6.07, 6.45) is 3.27. The molecule has 2 aromatic rings. The Hall–Kier alpha value is -2.43. The first-order chi connectivity index (χ1) is 12.3. The highest BCUT2D eigenvalue weighted by molar-refractivity contribution is 5.83. The number of hydrogen-bond acceptors (Lipinski definition) is 4. The molecule has 25 heavy (non-hydrogen) atoms. The molecule has 4 nitrogen and oxygen atoms in total. The van der Waals surface area contributed by atoms with Gasteiger partial charge in [-0.2, -0.15) is 0 Å². The Morgan fingerprint density at radius 2 is 1.92 bits per heavy atom. The van der Waals surface area contributed by atoms with Gasteiger partial charge in [0.25, 0.3) is 0 Å². The van der Waals surface area contributed by atoms with Crippen molar-refractivity contribution in [1.82, 2.24) is 0 Å². The fourth-order valence-corrected chi connectivity index (χ4v) is 2.75. The Morgan fingerprint density at radius 1 is 1.12 bits per heavy atom. The van der Waals surface area contributed by atoms with Gasteiger partial charge in [0.2, 0.25) is 0 Å². The molecule has 2 aromatic carbocycles. The largest absolute Gasteiger partial charge is 0.423 e. The molecule has 0 amide bonds. The second-order valence-corrected chi connectivity index (χ2v) is 5.94. The van der Waals surface area contributed by atoms with Gasteiger partial charge in [-0.15, -0.1) is 0 Å². The molecule has 0 radical (unpaired) electrons. The van der Waals surface area contributed by atoms with Crippen LogP contribution in [0.1, 0.15) is 29.2 Å². The average molecular weight is 338 g/mol. The number of carbonyl (C=O) groups is 1. The summed E-state index contributed by atoms with van der Waals surface area (Å²) in [6, 6.07) is 15.7. The van der Waals surface area contributed by atoms with Crippen molar-refractivity contribution in [1.29, 1.82) is 0 Å². The number of rotatable bonds is 9. The van der Waals surface area contributed by atoms with Gasteiger partial charge >= 0.3 is 5.97 Å². The fraction of sp³-hybridized carbons (Fsp3) is 0.286. The summed E-state index contributed by atoms with van der Waals surface area (Å²) in [6.45, 7) is 5.25. The summed E-state index contributed by atoms with van der Waals surface area (Å²) in [7, 11) is 0. The number of esters is 1. The average Bonchev–Trinajstić information content (AvgIpc) is 2.62. The van der Waals surface area contributed by atoms with Crippen LogP contribution >= 0.6 is 0 Å². The molecule has 0 spiro atoms. The minimum atomic E-state index is -0.460. The van der Waals surface area contributed by atoms with Crippen molar-refractivity contribution < 1.29 is 19.0 Å². The highest BCUT2D eigenvalue weighted by Gasteiger charge is 2.25. The summed E-state index contributed by atoms with van der Waals surface area (Å²) in [5, 5.41) is 0. The zero-order chi connectivity index (χ0) is 17.5. The zero-order valence-corrected chi connectivity index (χ0v) is 14.1. The van der Waals surface area contributed by atoms with E-state index in [-0.39, 0.29) is 6.10 Å². The predicted octanol–water partition coefficient (Wildman–Crippen LogP) is 4.00. The molecule has 0 saturated carbocycles. The van der Waals surface area contributed by atoms with Gasteiger partial charge in [-0.3, -0.25) is 0 Å². The van der Waals surface area contributed by atoms with Crippen LogP contribution in [0.4, 0.5) is 0 Å². The van der Waals surface area contributed by atoms with Crippen molar-refractivity contribution >= 4 is 5.97 Å².